The fourth-order valence-electron chi connectivity index (χ4n) is 2.45. The first-order valence-electron chi connectivity index (χ1n) is 6.76. The van der Waals surface area contributed by atoms with Crippen LogP contribution >= 0.6 is 0 Å². The summed E-state index contributed by atoms with van der Waals surface area (Å²) in [5.74, 6) is 2.40. The zero-order valence-corrected chi connectivity index (χ0v) is 11.5. The van der Waals surface area contributed by atoms with Gasteiger partial charge in [-0.1, -0.05) is 12.8 Å². The van der Waals surface area contributed by atoms with E-state index in [1.54, 1.807) is 0 Å². The van der Waals surface area contributed by atoms with Crippen LogP contribution in [0.3, 0.4) is 0 Å². The predicted molar refractivity (Wildman–Crippen MR) is 72.2 cm³/mol. The maximum Gasteiger partial charge on any atom is 0.326 e. The van der Waals surface area contributed by atoms with Crippen LogP contribution < -0.4 is 5.32 Å². The molecule has 0 bridgehead atoms. The smallest absolute Gasteiger partial charge is 0.326 e. The van der Waals surface area contributed by atoms with Gasteiger partial charge < -0.3 is 9.64 Å². The summed E-state index contributed by atoms with van der Waals surface area (Å²) in [5.41, 5.74) is -0.591. The van der Waals surface area contributed by atoms with Crippen molar-refractivity contribution in [3.8, 4) is 12.3 Å². The lowest BCUT2D eigenvalue weighted by molar-refractivity contribution is -0.151. The molecule has 1 atom stereocenters. The van der Waals surface area contributed by atoms with Crippen LogP contribution in [-0.4, -0.2) is 49.2 Å². The van der Waals surface area contributed by atoms with Crippen molar-refractivity contribution in [2.45, 2.75) is 38.6 Å². The first-order valence-corrected chi connectivity index (χ1v) is 6.76. The van der Waals surface area contributed by atoms with Gasteiger partial charge in [-0.25, -0.2) is 0 Å². The number of rotatable bonds is 5. The van der Waals surface area contributed by atoms with Gasteiger partial charge >= 0.3 is 5.97 Å². The summed E-state index contributed by atoms with van der Waals surface area (Å²) >= 11 is 0. The molecule has 0 aromatic rings. The van der Waals surface area contributed by atoms with Crippen molar-refractivity contribution in [3.63, 3.8) is 0 Å². The SMILES string of the molecule is C#CCNC1(C(=O)OCC)CCCN(CC)CC1. The fraction of sp³-hybridized carbons (Fsp3) is 0.786. The Morgan fingerprint density at radius 2 is 2.22 bits per heavy atom. The predicted octanol–water partition coefficient (Wildman–Crippen LogP) is 1.02. The molecule has 18 heavy (non-hydrogen) atoms. The second-order valence-corrected chi connectivity index (χ2v) is 4.65. The zero-order chi connectivity index (χ0) is 13.4. The summed E-state index contributed by atoms with van der Waals surface area (Å²) < 4.78 is 5.22. The molecule has 1 fully saturated rings. The Hall–Kier alpha value is -1.05. The Morgan fingerprint density at radius 1 is 1.44 bits per heavy atom. The molecule has 1 heterocycles. The number of hydrogen-bond donors (Lipinski definition) is 1. The lowest BCUT2D eigenvalue weighted by atomic mass is 9.90. The van der Waals surface area contributed by atoms with Crippen molar-refractivity contribution in [1.29, 1.82) is 0 Å². The summed E-state index contributed by atoms with van der Waals surface area (Å²) in [6.45, 7) is 7.77. The first kappa shape index (κ1) is 15.0. The number of hydrogen-bond acceptors (Lipinski definition) is 4. The van der Waals surface area contributed by atoms with E-state index in [1.165, 1.54) is 0 Å². The maximum atomic E-state index is 12.2. The van der Waals surface area contributed by atoms with E-state index in [-0.39, 0.29) is 5.97 Å². The van der Waals surface area contributed by atoms with E-state index < -0.39 is 5.54 Å². The molecule has 0 radical (unpaired) electrons. The Bertz CT molecular complexity index is 311. The average molecular weight is 252 g/mol. The van der Waals surface area contributed by atoms with Gasteiger partial charge in [-0.3, -0.25) is 10.1 Å². The number of nitrogens with one attached hydrogen (secondary N) is 1. The van der Waals surface area contributed by atoms with Crippen LogP contribution in [0.4, 0.5) is 0 Å². The van der Waals surface area contributed by atoms with Gasteiger partial charge in [0.25, 0.3) is 0 Å². The highest BCUT2D eigenvalue weighted by atomic mass is 16.5. The number of esters is 1. The van der Waals surface area contributed by atoms with E-state index in [1.807, 2.05) is 6.92 Å². The number of likely N-dealkylation sites (tertiary alicyclic amines) is 1. The van der Waals surface area contributed by atoms with Crippen molar-refractivity contribution in [1.82, 2.24) is 10.2 Å². The van der Waals surface area contributed by atoms with Crippen LogP contribution in [0.5, 0.6) is 0 Å². The Labute approximate surface area is 110 Å². The Morgan fingerprint density at radius 3 is 2.83 bits per heavy atom. The highest BCUT2D eigenvalue weighted by Crippen LogP contribution is 2.24. The molecule has 0 aromatic heterocycles. The summed E-state index contributed by atoms with van der Waals surface area (Å²) in [4.78, 5) is 14.6. The molecule has 0 spiro atoms. The number of nitrogens with zero attached hydrogens (tertiary/aromatic N) is 1. The zero-order valence-electron chi connectivity index (χ0n) is 11.5. The van der Waals surface area contributed by atoms with Gasteiger partial charge in [0.2, 0.25) is 0 Å². The first-order chi connectivity index (χ1) is 8.68. The minimum absolute atomic E-state index is 0.154. The summed E-state index contributed by atoms with van der Waals surface area (Å²) in [5, 5.41) is 3.22. The fourth-order valence-corrected chi connectivity index (χ4v) is 2.45. The molecule has 4 nitrogen and oxygen atoms in total. The van der Waals surface area contributed by atoms with Crippen LogP contribution in [0.15, 0.2) is 0 Å². The topological polar surface area (TPSA) is 41.6 Å². The van der Waals surface area contributed by atoms with Gasteiger partial charge in [0.1, 0.15) is 5.54 Å². The molecule has 1 N–H and O–H groups in total. The second-order valence-electron chi connectivity index (χ2n) is 4.65. The minimum Gasteiger partial charge on any atom is -0.465 e. The molecule has 1 aliphatic rings. The number of terminal acetylenes is 1. The quantitative estimate of drug-likeness (QED) is 0.586. The Kier molecular flexibility index (Phi) is 6.17. The van der Waals surface area contributed by atoms with Crippen LogP contribution in [-0.2, 0) is 9.53 Å². The monoisotopic (exact) mass is 252 g/mol. The lowest BCUT2D eigenvalue weighted by Gasteiger charge is -2.30. The third-order valence-electron chi connectivity index (χ3n) is 3.57. The molecule has 0 aliphatic carbocycles. The van der Waals surface area contributed by atoms with Crippen molar-refractivity contribution < 1.29 is 9.53 Å². The number of carbonyl (C=O) groups is 1. The molecular weight excluding hydrogens is 228 g/mol. The molecule has 0 amide bonds. The number of ether oxygens (including phenoxy) is 1. The summed E-state index contributed by atoms with van der Waals surface area (Å²) in [7, 11) is 0. The van der Waals surface area contributed by atoms with E-state index in [2.05, 4.69) is 23.1 Å². The van der Waals surface area contributed by atoms with Gasteiger partial charge in [-0.05, 0) is 39.3 Å². The van der Waals surface area contributed by atoms with Crippen molar-refractivity contribution in [3.05, 3.63) is 0 Å². The molecule has 0 aromatic carbocycles. The van der Waals surface area contributed by atoms with E-state index in [9.17, 15) is 4.79 Å². The van der Waals surface area contributed by atoms with Crippen molar-refractivity contribution in [2.24, 2.45) is 0 Å². The van der Waals surface area contributed by atoms with E-state index in [4.69, 9.17) is 11.2 Å². The maximum absolute atomic E-state index is 12.2. The average Bonchev–Trinajstić information content (AvgIpc) is 2.60. The standard InChI is InChI=1S/C14H24N2O2/c1-4-10-15-14(13(17)18-6-3)8-7-11-16(5-2)12-9-14/h1,15H,5-12H2,2-3H3. The molecule has 0 saturated carbocycles. The highest BCUT2D eigenvalue weighted by Gasteiger charge is 2.40. The second kappa shape index (κ2) is 7.40. The minimum atomic E-state index is -0.591. The Balaban J connectivity index is 2.76. The molecule has 1 rings (SSSR count). The van der Waals surface area contributed by atoms with Gasteiger partial charge in [-0.15, -0.1) is 6.42 Å². The normalized spacial score (nSPS) is 25.2. The third-order valence-corrected chi connectivity index (χ3v) is 3.57. The molecule has 1 saturated heterocycles. The molecule has 4 heteroatoms. The molecule has 1 aliphatic heterocycles. The van der Waals surface area contributed by atoms with Crippen LogP contribution in [0.1, 0.15) is 33.1 Å². The van der Waals surface area contributed by atoms with Crippen molar-refractivity contribution >= 4 is 5.97 Å². The van der Waals surface area contributed by atoms with Gasteiger partial charge in [-0.2, -0.15) is 0 Å². The summed E-state index contributed by atoms with van der Waals surface area (Å²) in [6.07, 6.45) is 7.85. The third kappa shape index (κ3) is 3.72. The highest BCUT2D eigenvalue weighted by molar-refractivity contribution is 5.81. The molecule has 102 valence electrons. The van der Waals surface area contributed by atoms with Crippen LogP contribution in [0.2, 0.25) is 0 Å². The number of carbonyl (C=O) groups excluding carboxylic acids is 1. The van der Waals surface area contributed by atoms with Crippen molar-refractivity contribution in [2.75, 3.05) is 32.8 Å². The van der Waals surface area contributed by atoms with Crippen LogP contribution in [0, 0.1) is 12.3 Å². The molecule has 1 unspecified atom stereocenters. The van der Waals surface area contributed by atoms with Crippen LogP contribution in [0.25, 0.3) is 0 Å². The van der Waals surface area contributed by atoms with E-state index in [0.717, 1.165) is 38.9 Å². The van der Waals surface area contributed by atoms with E-state index >= 15 is 0 Å². The summed E-state index contributed by atoms with van der Waals surface area (Å²) in [6, 6.07) is 0. The van der Waals surface area contributed by atoms with Gasteiger partial charge in [0.05, 0.1) is 13.2 Å². The van der Waals surface area contributed by atoms with E-state index in [0.29, 0.717) is 13.2 Å². The van der Waals surface area contributed by atoms with Gasteiger partial charge in [0.15, 0.2) is 0 Å². The van der Waals surface area contributed by atoms with Gasteiger partial charge in [0, 0.05) is 6.54 Å². The lowest BCUT2D eigenvalue weighted by Crippen LogP contribution is -2.53. The largest absolute Gasteiger partial charge is 0.465 e. The molecular formula is C14H24N2O2.